The number of aliphatic hydroxyl groups is 2. The molecular weight excluding hydrogens is 779 g/mol. The second-order valence-corrected chi connectivity index (χ2v) is 20.1. The largest absolute Gasteiger partial charge is 0.462 e. The summed E-state index contributed by atoms with van der Waals surface area (Å²) in [7, 11) is 0. The highest BCUT2D eigenvalue weighted by Gasteiger charge is 2.24. The number of hydrogen-bond acceptors (Lipinski definition) is 5. The summed E-state index contributed by atoms with van der Waals surface area (Å²) in [4.78, 5) is 26.2. The SMILES string of the molecule is CCCCCCCCCCCCCCCCCCCC(O)C(CO)NC(=O)CC(CCCCCCCCCCCCCCCCCC)OC(=O)CCCCCCCCCCCCC. The number of unbranched alkanes of at least 4 members (excludes halogenated alkanes) is 41. The van der Waals surface area contributed by atoms with Gasteiger partial charge in [0.15, 0.2) is 0 Å². The smallest absolute Gasteiger partial charge is 0.306 e. The molecule has 3 N–H and O–H groups in total. The van der Waals surface area contributed by atoms with Crippen molar-refractivity contribution >= 4 is 11.9 Å². The average molecular weight is 893 g/mol. The lowest BCUT2D eigenvalue weighted by Gasteiger charge is -2.24. The molecular formula is C57H113NO5. The van der Waals surface area contributed by atoms with E-state index in [1.165, 1.54) is 238 Å². The second kappa shape index (κ2) is 51.8. The molecule has 376 valence electrons. The molecule has 0 aliphatic rings. The van der Waals surface area contributed by atoms with Crippen molar-refractivity contribution in [1.82, 2.24) is 5.32 Å². The zero-order valence-electron chi connectivity index (χ0n) is 43.0. The van der Waals surface area contributed by atoms with Gasteiger partial charge in [-0.15, -0.1) is 0 Å². The summed E-state index contributed by atoms with van der Waals surface area (Å²) < 4.78 is 5.95. The number of hydrogen-bond donors (Lipinski definition) is 3. The number of esters is 1. The molecule has 6 nitrogen and oxygen atoms in total. The third kappa shape index (κ3) is 47.2. The summed E-state index contributed by atoms with van der Waals surface area (Å²) in [5, 5.41) is 23.9. The van der Waals surface area contributed by atoms with Gasteiger partial charge in [0.05, 0.1) is 25.2 Å². The normalized spacial score (nSPS) is 13.0. The zero-order chi connectivity index (χ0) is 45.9. The fraction of sp³-hybridized carbons (Fsp3) is 0.965. The molecule has 0 aliphatic carbocycles. The lowest BCUT2D eigenvalue weighted by atomic mass is 10.0. The minimum absolute atomic E-state index is 0.0884. The van der Waals surface area contributed by atoms with E-state index in [1.54, 1.807) is 0 Å². The van der Waals surface area contributed by atoms with Gasteiger partial charge in [0, 0.05) is 6.42 Å². The molecule has 0 saturated heterocycles. The molecule has 0 rings (SSSR count). The summed E-state index contributed by atoms with van der Waals surface area (Å²) >= 11 is 0. The van der Waals surface area contributed by atoms with E-state index in [2.05, 4.69) is 26.1 Å². The van der Waals surface area contributed by atoms with Gasteiger partial charge in [-0.05, 0) is 25.7 Å². The first-order valence-corrected chi connectivity index (χ1v) is 28.8. The number of carbonyl (C=O) groups is 2. The van der Waals surface area contributed by atoms with Gasteiger partial charge in [-0.2, -0.15) is 0 Å². The Kier molecular flexibility index (Phi) is 50.9. The van der Waals surface area contributed by atoms with E-state index in [-0.39, 0.29) is 24.9 Å². The van der Waals surface area contributed by atoms with Gasteiger partial charge in [0.25, 0.3) is 0 Å². The number of rotatable bonds is 53. The third-order valence-corrected chi connectivity index (χ3v) is 13.7. The molecule has 0 aliphatic heterocycles. The number of aliphatic hydroxyl groups excluding tert-OH is 2. The minimum Gasteiger partial charge on any atom is -0.462 e. The van der Waals surface area contributed by atoms with E-state index < -0.39 is 18.2 Å². The van der Waals surface area contributed by atoms with Gasteiger partial charge in [0.1, 0.15) is 6.10 Å². The van der Waals surface area contributed by atoms with Crippen LogP contribution in [0.3, 0.4) is 0 Å². The van der Waals surface area contributed by atoms with Crippen LogP contribution in [0.2, 0.25) is 0 Å². The monoisotopic (exact) mass is 892 g/mol. The predicted molar refractivity (Wildman–Crippen MR) is 274 cm³/mol. The number of nitrogens with one attached hydrogen (secondary N) is 1. The summed E-state index contributed by atoms with van der Waals surface area (Å²) in [5.41, 5.74) is 0. The second-order valence-electron chi connectivity index (χ2n) is 20.1. The summed E-state index contributed by atoms with van der Waals surface area (Å²) in [6.07, 6.45) is 57.4. The molecule has 0 fully saturated rings. The molecule has 0 saturated carbocycles. The fourth-order valence-corrected chi connectivity index (χ4v) is 9.32. The molecule has 0 radical (unpaired) electrons. The van der Waals surface area contributed by atoms with E-state index in [1.807, 2.05) is 0 Å². The van der Waals surface area contributed by atoms with Gasteiger partial charge < -0.3 is 20.3 Å². The quantitative estimate of drug-likeness (QED) is 0.0418. The molecule has 0 aromatic carbocycles. The highest BCUT2D eigenvalue weighted by Crippen LogP contribution is 2.19. The van der Waals surface area contributed by atoms with Gasteiger partial charge in [0.2, 0.25) is 5.91 Å². The lowest BCUT2D eigenvalue weighted by molar-refractivity contribution is -0.151. The Balaban J connectivity index is 4.44. The van der Waals surface area contributed by atoms with Gasteiger partial charge in [-0.3, -0.25) is 9.59 Å². The first-order valence-electron chi connectivity index (χ1n) is 28.8. The first-order chi connectivity index (χ1) is 31.0. The molecule has 3 atom stereocenters. The molecule has 0 bridgehead atoms. The van der Waals surface area contributed by atoms with Gasteiger partial charge >= 0.3 is 5.97 Å². The Labute approximate surface area is 394 Å². The predicted octanol–water partition coefficient (Wildman–Crippen LogP) is 17.5. The zero-order valence-corrected chi connectivity index (χ0v) is 43.0. The molecule has 63 heavy (non-hydrogen) atoms. The fourth-order valence-electron chi connectivity index (χ4n) is 9.32. The van der Waals surface area contributed by atoms with Crippen LogP contribution in [0.5, 0.6) is 0 Å². The molecule has 0 heterocycles. The Bertz CT molecular complexity index is 913. The topological polar surface area (TPSA) is 95.9 Å². The van der Waals surface area contributed by atoms with Crippen molar-refractivity contribution < 1.29 is 24.5 Å². The van der Waals surface area contributed by atoms with E-state index >= 15 is 0 Å². The molecule has 1 amide bonds. The number of carbonyl (C=O) groups excluding carboxylic acids is 2. The van der Waals surface area contributed by atoms with Crippen LogP contribution in [0.25, 0.3) is 0 Å². The Morgan fingerprint density at radius 3 is 0.968 bits per heavy atom. The maximum absolute atomic E-state index is 13.2. The van der Waals surface area contributed by atoms with Crippen LogP contribution in [0.1, 0.15) is 329 Å². The molecule has 0 aromatic heterocycles. The van der Waals surface area contributed by atoms with Crippen LogP contribution in [0.15, 0.2) is 0 Å². The van der Waals surface area contributed by atoms with Crippen molar-refractivity contribution in [3.05, 3.63) is 0 Å². The van der Waals surface area contributed by atoms with Crippen molar-refractivity contribution in [1.29, 1.82) is 0 Å². The van der Waals surface area contributed by atoms with E-state index in [0.29, 0.717) is 19.3 Å². The number of ether oxygens (including phenoxy) is 1. The van der Waals surface area contributed by atoms with Crippen LogP contribution in [-0.4, -0.2) is 46.9 Å². The lowest BCUT2D eigenvalue weighted by Crippen LogP contribution is -2.46. The van der Waals surface area contributed by atoms with Crippen molar-refractivity contribution in [3.8, 4) is 0 Å². The van der Waals surface area contributed by atoms with Crippen molar-refractivity contribution in [2.24, 2.45) is 0 Å². The Morgan fingerprint density at radius 1 is 0.397 bits per heavy atom. The average Bonchev–Trinajstić information content (AvgIpc) is 3.28. The van der Waals surface area contributed by atoms with Gasteiger partial charge in [-0.25, -0.2) is 0 Å². The van der Waals surface area contributed by atoms with Crippen LogP contribution in [0.4, 0.5) is 0 Å². The maximum atomic E-state index is 13.2. The van der Waals surface area contributed by atoms with E-state index in [4.69, 9.17) is 4.74 Å². The first kappa shape index (κ1) is 61.9. The van der Waals surface area contributed by atoms with Gasteiger partial charge in [-0.1, -0.05) is 290 Å². The highest BCUT2D eigenvalue weighted by molar-refractivity contribution is 5.77. The summed E-state index contributed by atoms with van der Waals surface area (Å²) in [5.74, 6) is -0.447. The highest BCUT2D eigenvalue weighted by atomic mass is 16.5. The van der Waals surface area contributed by atoms with Crippen molar-refractivity contribution in [2.45, 2.75) is 347 Å². The maximum Gasteiger partial charge on any atom is 0.306 e. The standard InChI is InChI=1S/C57H113NO5/c1-4-7-10-13-16-19-22-24-26-28-30-32-35-37-40-43-46-49-55(60)54(52-59)58-56(61)51-53(63-57(62)50-47-44-41-38-33-21-18-15-12-9-6-3)48-45-42-39-36-34-31-29-27-25-23-20-17-14-11-8-5-2/h53-55,59-60H,4-52H2,1-3H3,(H,58,61). The third-order valence-electron chi connectivity index (χ3n) is 13.7. The Morgan fingerprint density at radius 2 is 0.667 bits per heavy atom. The van der Waals surface area contributed by atoms with Crippen LogP contribution in [-0.2, 0) is 14.3 Å². The van der Waals surface area contributed by atoms with E-state index in [0.717, 1.165) is 44.9 Å². The molecule has 6 heteroatoms. The number of amides is 1. The molecule has 0 spiro atoms. The van der Waals surface area contributed by atoms with E-state index in [9.17, 15) is 19.8 Å². The molecule has 0 aromatic rings. The van der Waals surface area contributed by atoms with Crippen molar-refractivity contribution in [2.75, 3.05) is 6.61 Å². The minimum atomic E-state index is -0.780. The Hall–Kier alpha value is -1.14. The van der Waals surface area contributed by atoms with Crippen molar-refractivity contribution in [3.63, 3.8) is 0 Å². The molecule has 3 unspecified atom stereocenters. The summed E-state index contributed by atoms with van der Waals surface area (Å²) in [6, 6.07) is -0.693. The van der Waals surface area contributed by atoms with Crippen LogP contribution < -0.4 is 5.32 Å². The van der Waals surface area contributed by atoms with Crippen LogP contribution >= 0.6 is 0 Å². The summed E-state index contributed by atoms with van der Waals surface area (Å²) in [6.45, 7) is 6.53. The van der Waals surface area contributed by atoms with Crippen LogP contribution in [0, 0.1) is 0 Å².